The fraction of sp³-hybridized carbons (Fsp3) is 0.417. The highest BCUT2D eigenvalue weighted by atomic mass is 35.5. The van der Waals surface area contributed by atoms with E-state index in [4.69, 9.17) is 21.1 Å². The highest BCUT2D eigenvalue weighted by Crippen LogP contribution is 2.37. The van der Waals surface area contributed by atoms with E-state index in [2.05, 4.69) is 5.32 Å². The molecule has 0 aromatic heterocycles. The number of nitrogens with one attached hydrogen (secondary N) is 1. The summed E-state index contributed by atoms with van der Waals surface area (Å²) in [6.45, 7) is 2.04. The van der Waals surface area contributed by atoms with Gasteiger partial charge >= 0.3 is 0 Å². The summed E-state index contributed by atoms with van der Waals surface area (Å²) in [5.74, 6) is 0.966. The second-order valence-electron chi connectivity index (χ2n) is 3.55. The average Bonchev–Trinajstić information content (AvgIpc) is 2.29. The maximum atomic E-state index is 11.9. The Morgan fingerprint density at radius 3 is 2.41 bits per heavy atom. The molecule has 0 aliphatic carbocycles. The van der Waals surface area contributed by atoms with Gasteiger partial charge < -0.3 is 14.8 Å². The summed E-state index contributed by atoms with van der Waals surface area (Å²) in [7, 11) is 4.76. The molecule has 0 radical (unpaired) electrons. The molecule has 0 saturated heterocycles. The number of methoxy groups -OCH3 is 2. The van der Waals surface area contributed by atoms with Crippen LogP contribution in [0.3, 0.4) is 0 Å². The van der Waals surface area contributed by atoms with E-state index in [9.17, 15) is 4.79 Å². The van der Waals surface area contributed by atoms with Crippen LogP contribution in [0.4, 0.5) is 0 Å². The summed E-state index contributed by atoms with van der Waals surface area (Å²) in [4.78, 5) is 11.9. The van der Waals surface area contributed by atoms with Crippen LogP contribution >= 0.6 is 11.6 Å². The molecule has 0 bridgehead atoms. The summed E-state index contributed by atoms with van der Waals surface area (Å²) < 4.78 is 10.4. The quantitative estimate of drug-likeness (QED) is 0.821. The average molecular weight is 258 g/mol. The number of Topliss-reactive ketones (excluding diaryl/α,β-unsaturated/α-hetero) is 1. The third-order valence-electron chi connectivity index (χ3n) is 2.46. The van der Waals surface area contributed by atoms with Crippen LogP contribution in [0.2, 0.25) is 5.02 Å². The number of carbonyl (C=O) groups excluding carboxylic acids is 1. The summed E-state index contributed by atoms with van der Waals surface area (Å²) in [6.07, 6.45) is 0. The summed E-state index contributed by atoms with van der Waals surface area (Å²) in [6, 6.07) is 1.58. The molecule has 5 heteroatoms. The highest BCUT2D eigenvalue weighted by molar-refractivity contribution is 6.32. The molecule has 1 rings (SSSR count). The van der Waals surface area contributed by atoms with Gasteiger partial charge in [0, 0.05) is 5.56 Å². The van der Waals surface area contributed by atoms with Gasteiger partial charge in [0.1, 0.15) is 11.5 Å². The van der Waals surface area contributed by atoms with Gasteiger partial charge in [0.05, 0.1) is 31.4 Å². The Hall–Kier alpha value is -1.26. The number of carbonyl (C=O) groups is 1. The largest absolute Gasteiger partial charge is 0.496 e. The van der Waals surface area contributed by atoms with Crippen molar-refractivity contribution in [2.75, 3.05) is 27.8 Å². The predicted octanol–water partition coefficient (Wildman–Crippen LogP) is 2.07. The lowest BCUT2D eigenvalue weighted by Crippen LogP contribution is -2.19. The maximum Gasteiger partial charge on any atom is 0.180 e. The van der Waals surface area contributed by atoms with E-state index in [-0.39, 0.29) is 12.3 Å². The Labute approximate surface area is 106 Å². The number of ketones is 1. The molecule has 94 valence electrons. The third-order valence-corrected chi connectivity index (χ3v) is 2.74. The van der Waals surface area contributed by atoms with Gasteiger partial charge in [-0.05, 0) is 20.0 Å². The van der Waals surface area contributed by atoms with Crippen LogP contribution in [0, 0.1) is 6.92 Å². The first-order valence-electron chi connectivity index (χ1n) is 5.15. The number of halogens is 1. The van der Waals surface area contributed by atoms with Crippen LogP contribution in [0.5, 0.6) is 11.5 Å². The van der Waals surface area contributed by atoms with Crippen molar-refractivity contribution < 1.29 is 14.3 Å². The van der Waals surface area contributed by atoms with Crippen LogP contribution < -0.4 is 14.8 Å². The van der Waals surface area contributed by atoms with E-state index >= 15 is 0 Å². The summed E-state index contributed by atoms with van der Waals surface area (Å²) in [5, 5.41) is 3.21. The molecule has 0 amide bonds. The zero-order valence-corrected chi connectivity index (χ0v) is 11.1. The number of hydrogen-bond donors (Lipinski definition) is 1. The molecule has 17 heavy (non-hydrogen) atoms. The first kappa shape index (κ1) is 13.8. The summed E-state index contributed by atoms with van der Waals surface area (Å²) >= 11 is 6.05. The molecule has 0 spiro atoms. The molecular weight excluding hydrogens is 242 g/mol. The Morgan fingerprint density at radius 1 is 1.35 bits per heavy atom. The van der Waals surface area contributed by atoms with Gasteiger partial charge in [-0.1, -0.05) is 11.6 Å². The van der Waals surface area contributed by atoms with Crippen LogP contribution in [0.15, 0.2) is 6.07 Å². The topological polar surface area (TPSA) is 47.6 Å². The van der Waals surface area contributed by atoms with Gasteiger partial charge in [0.2, 0.25) is 0 Å². The molecular formula is C12H16ClNO3. The molecule has 0 aliphatic rings. The zero-order chi connectivity index (χ0) is 13.0. The van der Waals surface area contributed by atoms with Crippen molar-refractivity contribution in [3.8, 4) is 11.5 Å². The molecule has 0 saturated carbocycles. The minimum atomic E-state index is -0.0722. The van der Waals surface area contributed by atoms with E-state index in [1.807, 2.05) is 0 Å². The van der Waals surface area contributed by atoms with Crippen molar-refractivity contribution in [3.05, 3.63) is 22.2 Å². The Morgan fingerprint density at radius 2 is 1.94 bits per heavy atom. The van der Waals surface area contributed by atoms with E-state index in [1.54, 1.807) is 20.0 Å². The molecule has 0 fully saturated rings. The van der Waals surface area contributed by atoms with Gasteiger partial charge in [0.15, 0.2) is 5.78 Å². The third kappa shape index (κ3) is 2.70. The van der Waals surface area contributed by atoms with E-state index in [0.29, 0.717) is 22.1 Å². The molecule has 0 atom stereocenters. The second kappa shape index (κ2) is 5.89. The molecule has 1 N–H and O–H groups in total. The van der Waals surface area contributed by atoms with Crippen LogP contribution in [0.1, 0.15) is 15.9 Å². The van der Waals surface area contributed by atoms with Crippen molar-refractivity contribution >= 4 is 17.4 Å². The Bertz CT molecular complexity index is 432. The highest BCUT2D eigenvalue weighted by Gasteiger charge is 2.19. The van der Waals surface area contributed by atoms with Crippen molar-refractivity contribution in [3.63, 3.8) is 0 Å². The first-order chi connectivity index (χ1) is 8.06. The van der Waals surface area contributed by atoms with Gasteiger partial charge in [-0.2, -0.15) is 0 Å². The minimum Gasteiger partial charge on any atom is -0.496 e. The van der Waals surface area contributed by atoms with Gasteiger partial charge in [-0.3, -0.25) is 4.79 Å². The molecule has 0 heterocycles. The van der Waals surface area contributed by atoms with Crippen LogP contribution in [-0.4, -0.2) is 33.6 Å². The molecule has 1 aromatic rings. The van der Waals surface area contributed by atoms with Gasteiger partial charge in [-0.25, -0.2) is 0 Å². The predicted molar refractivity (Wildman–Crippen MR) is 67.6 cm³/mol. The fourth-order valence-corrected chi connectivity index (χ4v) is 2.05. The Balaban J connectivity index is 3.36. The van der Waals surface area contributed by atoms with E-state index < -0.39 is 0 Å². The van der Waals surface area contributed by atoms with Gasteiger partial charge in [-0.15, -0.1) is 0 Å². The maximum absolute atomic E-state index is 11.9. The molecule has 1 aromatic carbocycles. The normalized spacial score (nSPS) is 10.2. The van der Waals surface area contributed by atoms with E-state index in [1.165, 1.54) is 14.2 Å². The minimum absolute atomic E-state index is 0.0722. The standard InChI is InChI=1S/C12H16ClNO3/c1-7-11(16-3)8(10(15)6-14-2)5-9(13)12(7)17-4/h5,14H,6H2,1-4H3. The lowest BCUT2D eigenvalue weighted by molar-refractivity contribution is 0.0990. The van der Waals surface area contributed by atoms with Crippen molar-refractivity contribution in [1.29, 1.82) is 0 Å². The van der Waals surface area contributed by atoms with Crippen molar-refractivity contribution in [2.45, 2.75) is 6.92 Å². The number of hydrogen-bond acceptors (Lipinski definition) is 4. The number of ether oxygens (including phenoxy) is 2. The van der Waals surface area contributed by atoms with Crippen LogP contribution in [0.25, 0.3) is 0 Å². The molecule has 4 nitrogen and oxygen atoms in total. The summed E-state index contributed by atoms with van der Waals surface area (Å²) in [5.41, 5.74) is 1.19. The smallest absolute Gasteiger partial charge is 0.180 e. The van der Waals surface area contributed by atoms with E-state index in [0.717, 1.165) is 5.56 Å². The zero-order valence-electron chi connectivity index (χ0n) is 10.4. The first-order valence-corrected chi connectivity index (χ1v) is 5.53. The lowest BCUT2D eigenvalue weighted by atomic mass is 10.0. The monoisotopic (exact) mass is 257 g/mol. The lowest BCUT2D eigenvalue weighted by Gasteiger charge is -2.15. The van der Waals surface area contributed by atoms with Crippen LogP contribution in [-0.2, 0) is 0 Å². The van der Waals surface area contributed by atoms with Gasteiger partial charge in [0.25, 0.3) is 0 Å². The fourth-order valence-electron chi connectivity index (χ4n) is 1.72. The SMILES string of the molecule is CNCC(=O)c1cc(Cl)c(OC)c(C)c1OC. The number of benzene rings is 1. The Kier molecular flexibility index (Phi) is 4.78. The molecule has 0 unspecified atom stereocenters. The number of likely N-dealkylation sites (N-methyl/N-ethyl adjacent to an activating group) is 1. The second-order valence-corrected chi connectivity index (χ2v) is 3.96. The number of rotatable bonds is 5. The molecule has 0 aliphatic heterocycles. The van der Waals surface area contributed by atoms with Crippen molar-refractivity contribution in [2.24, 2.45) is 0 Å². The van der Waals surface area contributed by atoms with Crippen molar-refractivity contribution in [1.82, 2.24) is 5.32 Å².